The summed E-state index contributed by atoms with van der Waals surface area (Å²) in [5, 5.41) is 2.80. The average Bonchev–Trinajstić information content (AvgIpc) is 2.28. The van der Waals surface area contributed by atoms with E-state index in [2.05, 4.69) is 10.7 Å². The van der Waals surface area contributed by atoms with Crippen LogP contribution in [0.5, 0.6) is 0 Å². The maximum absolute atomic E-state index is 11.1. The standard InChI is InChI=1S/C11H17N3O/c1-2-11(15)14-10-5-3-9(4-6-10)7-8-13-12/h3-6,13H,2,7-8,12H2,1H3,(H,14,15). The van der Waals surface area contributed by atoms with Crippen LogP contribution in [-0.2, 0) is 11.2 Å². The molecule has 1 rings (SSSR count). The SMILES string of the molecule is CCC(=O)Nc1ccc(CCNN)cc1. The smallest absolute Gasteiger partial charge is 0.224 e. The zero-order valence-corrected chi connectivity index (χ0v) is 8.92. The topological polar surface area (TPSA) is 67.2 Å². The third-order valence-corrected chi connectivity index (χ3v) is 2.12. The highest BCUT2D eigenvalue weighted by Crippen LogP contribution is 2.09. The van der Waals surface area contributed by atoms with Crippen LogP contribution >= 0.6 is 0 Å². The van der Waals surface area contributed by atoms with Gasteiger partial charge in [-0.2, -0.15) is 0 Å². The first-order valence-corrected chi connectivity index (χ1v) is 5.08. The Morgan fingerprint density at radius 2 is 2.00 bits per heavy atom. The molecule has 0 saturated carbocycles. The molecule has 0 aliphatic heterocycles. The second kappa shape index (κ2) is 6.16. The number of nitrogens with two attached hydrogens (primary N) is 1. The third kappa shape index (κ3) is 4.10. The van der Waals surface area contributed by atoms with E-state index in [-0.39, 0.29) is 5.91 Å². The van der Waals surface area contributed by atoms with E-state index in [0.717, 1.165) is 18.7 Å². The van der Waals surface area contributed by atoms with Gasteiger partial charge in [0, 0.05) is 18.7 Å². The summed E-state index contributed by atoms with van der Waals surface area (Å²) in [6.07, 6.45) is 1.39. The second-order valence-corrected chi connectivity index (χ2v) is 3.30. The number of carbonyl (C=O) groups is 1. The predicted octanol–water partition coefficient (Wildman–Crippen LogP) is 1.04. The Bertz CT molecular complexity index is 308. The minimum Gasteiger partial charge on any atom is -0.326 e. The average molecular weight is 207 g/mol. The molecule has 1 amide bonds. The molecule has 0 spiro atoms. The lowest BCUT2D eigenvalue weighted by Gasteiger charge is -2.05. The number of rotatable bonds is 5. The van der Waals surface area contributed by atoms with Crippen LogP contribution in [0, 0.1) is 0 Å². The van der Waals surface area contributed by atoms with Gasteiger partial charge in [-0.1, -0.05) is 19.1 Å². The highest BCUT2D eigenvalue weighted by Gasteiger charge is 1.98. The number of hydrogen-bond donors (Lipinski definition) is 3. The van der Waals surface area contributed by atoms with Crippen molar-refractivity contribution in [2.45, 2.75) is 19.8 Å². The van der Waals surface area contributed by atoms with Gasteiger partial charge < -0.3 is 5.32 Å². The fourth-order valence-electron chi connectivity index (χ4n) is 1.22. The van der Waals surface area contributed by atoms with Gasteiger partial charge >= 0.3 is 0 Å². The van der Waals surface area contributed by atoms with Crippen molar-refractivity contribution in [3.05, 3.63) is 29.8 Å². The molecule has 0 fully saturated rings. The summed E-state index contributed by atoms with van der Waals surface area (Å²) in [6.45, 7) is 2.58. The van der Waals surface area contributed by atoms with E-state index in [0.29, 0.717) is 6.42 Å². The summed E-state index contributed by atoms with van der Waals surface area (Å²) >= 11 is 0. The van der Waals surface area contributed by atoms with E-state index in [1.807, 2.05) is 31.2 Å². The van der Waals surface area contributed by atoms with Gasteiger partial charge in [0.05, 0.1) is 0 Å². The molecule has 0 aliphatic rings. The molecule has 1 aromatic rings. The number of anilines is 1. The number of carbonyl (C=O) groups excluding carboxylic acids is 1. The summed E-state index contributed by atoms with van der Waals surface area (Å²) < 4.78 is 0. The lowest BCUT2D eigenvalue weighted by molar-refractivity contribution is -0.115. The Hall–Kier alpha value is -1.39. The van der Waals surface area contributed by atoms with Crippen molar-refractivity contribution in [1.29, 1.82) is 0 Å². The van der Waals surface area contributed by atoms with Crippen LogP contribution in [0.3, 0.4) is 0 Å². The molecule has 0 radical (unpaired) electrons. The van der Waals surface area contributed by atoms with Gasteiger partial charge in [0.1, 0.15) is 0 Å². The van der Waals surface area contributed by atoms with Crippen LogP contribution in [0.1, 0.15) is 18.9 Å². The van der Waals surface area contributed by atoms with E-state index in [4.69, 9.17) is 5.84 Å². The molecule has 0 heterocycles. The molecule has 15 heavy (non-hydrogen) atoms. The van der Waals surface area contributed by atoms with E-state index < -0.39 is 0 Å². The Morgan fingerprint density at radius 3 is 2.53 bits per heavy atom. The number of hydrazine groups is 1. The molecule has 4 heteroatoms. The highest BCUT2D eigenvalue weighted by atomic mass is 16.1. The second-order valence-electron chi connectivity index (χ2n) is 3.30. The number of hydrogen-bond acceptors (Lipinski definition) is 3. The van der Waals surface area contributed by atoms with E-state index in [9.17, 15) is 4.79 Å². The number of benzene rings is 1. The molecule has 82 valence electrons. The van der Waals surface area contributed by atoms with Crippen molar-refractivity contribution in [2.75, 3.05) is 11.9 Å². The van der Waals surface area contributed by atoms with Gasteiger partial charge in [-0.15, -0.1) is 0 Å². The quantitative estimate of drug-likeness (QED) is 0.499. The molecule has 0 atom stereocenters. The Morgan fingerprint density at radius 1 is 1.33 bits per heavy atom. The van der Waals surface area contributed by atoms with Crippen LogP contribution in [0.2, 0.25) is 0 Å². The fraction of sp³-hybridized carbons (Fsp3) is 0.364. The summed E-state index contributed by atoms with van der Waals surface area (Å²) in [4.78, 5) is 11.1. The predicted molar refractivity (Wildman–Crippen MR) is 61.3 cm³/mol. The zero-order chi connectivity index (χ0) is 11.1. The summed E-state index contributed by atoms with van der Waals surface area (Å²) in [6, 6.07) is 7.78. The summed E-state index contributed by atoms with van der Waals surface area (Å²) in [5.74, 6) is 5.22. The maximum atomic E-state index is 11.1. The van der Waals surface area contributed by atoms with E-state index in [1.54, 1.807) is 0 Å². The fourth-order valence-corrected chi connectivity index (χ4v) is 1.22. The Balaban J connectivity index is 2.52. The number of nitrogens with one attached hydrogen (secondary N) is 2. The first-order valence-electron chi connectivity index (χ1n) is 5.08. The first kappa shape index (κ1) is 11.7. The molecule has 0 bridgehead atoms. The monoisotopic (exact) mass is 207 g/mol. The van der Waals surface area contributed by atoms with E-state index in [1.165, 1.54) is 5.56 Å². The minimum absolute atomic E-state index is 0.0337. The third-order valence-electron chi connectivity index (χ3n) is 2.12. The molecule has 0 unspecified atom stereocenters. The minimum atomic E-state index is 0.0337. The Labute approximate surface area is 89.8 Å². The molecule has 0 aliphatic carbocycles. The summed E-state index contributed by atoms with van der Waals surface area (Å²) in [7, 11) is 0. The molecular weight excluding hydrogens is 190 g/mol. The maximum Gasteiger partial charge on any atom is 0.224 e. The largest absolute Gasteiger partial charge is 0.326 e. The van der Waals surface area contributed by atoms with Crippen LogP contribution in [0.4, 0.5) is 5.69 Å². The zero-order valence-electron chi connectivity index (χ0n) is 8.92. The Kier molecular flexibility index (Phi) is 4.80. The summed E-state index contributed by atoms with van der Waals surface area (Å²) in [5.41, 5.74) is 4.64. The molecular formula is C11H17N3O. The van der Waals surface area contributed by atoms with Crippen molar-refractivity contribution in [2.24, 2.45) is 5.84 Å². The van der Waals surface area contributed by atoms with Crippen LogP contribution < -0.4 is 16.6 Å². The van der Waals surface area contributed by atoms with Gasteiger partial charge in [-0.3, -0.25) is 16.1 Å². The van der Waals surface area contributed by atoms with Crippen LogP contribution in [0.25, 0.3) is 0 Å². The van der Waals surface area contributed by atoms with Crippen molar-refractivity contribution in [1.82, 2.24) is 5.43 Å². The van der Waals surface area contributed by atoms with Gasteiger partial charge in [0.25, 0.3) is 0 Å². The van der Waals surface area contributed by atoms with Crippen LogP contribution in [-0.4, -0.2) is 12.5 Å². The van der Waals surface area contributed by atoms with Crippen molar-refractivity contribution in [3.63, 3.8) is 0 Å². The molecule has 0 aromatic heterocycles. The van der Waals surface area contributed by atoms with Crippen LogP contribution in [0.15, 0.2) is 24.3 Å². The number of amides is 1. The van der Waals surface area contributed by atoms with Gasteiger partial charge in [0.15, 0.2) is 0 Å². The molecule has 4 N–H and O–H groups in total. The first-order chi connectivity index (χ1) is 7.26. The van der Waals surface area contributed by atoms with Crippen molar-refractivity contribution < 1.29 is 4.79 Å². The van der Waals surface area contributed by atoms with Crippen molar-refractivity contribution >= 4 is 11.6 Å². The highest BCUT2D eigenvalue weighted by molar-refractivity contribution is 5.90. The molecule has 4 nitrogen and oxygen atoms in total. The lowest BCUT2D eigenvalue weighted by atomic mass is 10.1. The van der Waals surface area contributed by atoms with E-state index >= 15 is 0 Å². The van der Waals surface area contributed by atoms with Gasteiger partial charge in [-0.25, -0.2) is 0 Å². The molecule has 0 saturated heterocycles. The van der Waals surface area contributed by atoms with Gasteiger partial charge in [0.2, 0.25) is 5.91 Å². The van der Waals surface area contributed by atoms with Gasteiger partial charge in [-0.05, 0) is 24.1 Å². The lowest BCUT2D eigenvalue weighted by Crippen LogP contribution is -2.24. The normalized spacial score (nSPS) is 10.0. The molecule has 1 aromatic carbocycles. The van der Waals surface area contributed by atoms with Crippen molar-refractivity contribution in [3.8, 4) is 0 Å².